The van der Waals surface area contributed by atoms with E-state index in [-0.39, 0.29) is 0 Å². The first kappa shape index (κ1) is 20.1. The molecule has 1 aromatic heterocycles. The lowest BCUT2D eigenvalue weighted by Gasteiger charge is -2.38. The highest BCUT2D eigenvalue weighted by Gasteiger charge is 2.35. The fourth-order valence-electron chi connectivity index (χ4n) is 5.04. The van der Waals surface area contributed by atoms with E-state index in [2.05, 4.69) is 51.1 Å². The minimum absolute atomic E-state index is 0.366. The minimum atomic E-state index is 0.366. The molecule has 1 saturated carbocycles. The molecule has 4 rings (SSSR count). The summed E-state index contributed by atoms with van der Waals surface area (Å²) in [5, 5.41) is 13.1. The predicted molar refractivity (Wildman–Crippen MR) is 113 cm³/mol. The number of quaternary nitrogens is 1. The summed E-state index contributed by atoms with van der Waals surface area (Å²) in [5.74, 6) is 2.68. The molecule has 7 heteroatoms. The molecule has 2 aliphatic rings. The van der Waals surface area contributed by atoms with Crippen molar-refractivity contribution in [3.8, 4) is 5.75 Å². The molecular weight excluding hydrogens is 364 g/mol. The zero-order chi connectivity index (χ0) is 20.2. The van der Waals surface area contributed by atoms with Gasteiger partial charge in [0, 0.05) is 6.42 Å². The smallest absolute Gasteiger partial charge is 0.209 e. The summed E-state index contributed by atoms with van der Waals surface area (Å²) in [6.45, 7) is 8.84. The van der Waals surface area contributed by atoms with E-state index in [9.17, 15) is 0 Å². The summed E-state index contributed by atoms with van der Waals surface area (Å²) in [5.41, 5.74) is 1.20. The van der Waals surface area contributed by atoms with E-state index >= 15 is 0 Å². The first-order chi connectivity index (χ1) is 14.2. The Hall–Kier alpha value is -2.15. The van der Waals surface area contributed by atoms with Crippen LogP contribution in [0.1, 0.15) is 63.9 Å². The SMILES string of the molecule is COc1ccccc1N1CC[NH+]([C@H](CC(C)C)c2nnnn2C2CCCC2)CC1. The molecule has 0 bridgehead atoms. The van der Waals surface area contributed by atoms with Crippen LogP contribution in [0, 0.1) is 5.92 Å². The van der Waals surface area contributed by atoms with E-state index in [4.69, 9.17) is 4.74 Å². The highest BCUT2D eigenvalue weighted by molar-refractivity contribution is 5.58. The standard InChI is InChI=1S/C22H34N6O/c1-17(2)16-20(22-23-24-25-28(22)18-8-4-5-9-18)27-14-12-26(13-15-27)19-10-6-7-11-21(19)29-3/h6-7,10-11,17-18,20H,4-5,8-9,12-16H2,1-3H3/p+1/t20-/m1/s1. The number of methoxy groups -OCH3 is 1. The van der Waals surface area contributed by atoms with Gasteiger partial charge >= 0.3 is 0 Å². The lowest BCUT2D eigenvalue weighted by molar-refractivity contribution is -0.934. The molecule has 1 aliphatic carbocycles. The predicted octanol–water partition coefficient (Wildman–Crippen LogP) is 2.29. The maximum Gasteiger partial charge on any atom is 0.209 e. The van der Waals surface area contributed by atoms with Crippen molar-refractivity contribution in [2.24, 2.45) is 5.92 Å². The molecule has 158 valence electrons. The van der Waals surface area contributed by atoms with Gasteiger partial charge in [-0.05, 0) is 41.3 Å². The second-order valence-electron chi connectivity index (χ2n) is 8.92. The number of nitrogens with zero attached hydrogens (tertiary/aromatic N) is 5. The number of tetrazole rings is 1. The molecule has 2 aromatic rings. The number of para-hydroxylation sites is 2. The summed E-state index contributed by atoms with van der Waals surface area (Å²) in [4.78, 5) is 4.06. The van der Waals surface area contributed by atoms with Crippen molar-refractivity contribution < 1.29 is 9.64 Å². The molecule has 1 N–H and O–H groups in total. The van der Waals surface area contributed by atoms with E-state index in [0.717, 1.165) is 44.2 Å². The molecule has 1 aromatic carbocycles. The van der Waals surface area contributed by atoms with Gasteiger partial charge in [-0.25, -0.2) is 4.68 Å². The van der Waals surface area contributed by atoms with Crippen molar-refractivity contribution in [2.75, 3.05) is 38.2 Å². The Bertz CT molecular complexity index is 777. The Kier molecular flexibility index (Phi) is 6.33. The normalized spacial score (nSPS) is 19.8. The summed E-state index contributed by atoms with van der Waals surface area (Å²) in [6, 6.07) is 9.19. The number of hydrogen-bond acceptors (Lipinski definition) is 5. The number of rotatable bonds is 7. The molecule has 0 unspecified atom stereocenters. The van der Waals surface area contributed by atoms with E-state index in [1.54, 1.807) is 12.0 Å². The van der Waals surface area contributed by atoms with E-state index in [1.165, 1.54) is 31.4 Å². The van der Waals surface area contributed by atoms with Crippen LogP contribution in [0.3, 0.4) is 0 Å². The highest BCUT2D eigenvalue weighted by atomic mass is 16.5. The highest BCUT2D eigenvalue weighted by Crippen LogP contribution is 2.31. The van der Waals surface area contributed by atoms with Crippen LogP contribution in [-0.2, 0) is 0 Å². The Morgan fingerprint density at radius 2 is 1.86 bits per heavy atom. The van der Waals surface area contributed by atoms with Crippen LogP contribution < -0.4 is 14.5 Å². The molecule has 0 radical (unpaired) electrons. The zero-order valence-electron chi connectivity index (χ0n) is 18.0. The van der Waals surface area contributed by atoms with E-state index in [0.29, 0.717) is 18.0 Å². The minimum Gasteiger partial charge on any atom is -0.495 e. The van der Waals surface area contributed by atoms with Crippen molar-refractivity contribution in [1.82, 2.24) is 20.2 Å². The maximum atomic E-state index is 5.58. The molecule has 0 amide bonds. The Labute approximate surface area is 174 Å². The number of nitrogens with one attached hydrogen (secondary N) is 1. The Morgan fingerprint density at radius 1 is 1.14 bits per heavy atom. The van der Waals surface area contributed by atoms with Gasteiger partial charge in [0.25, 0.3) is 0 Å². The molecule has 2 heterocycles. The first-order valence-corrected chi connectivity index (χ1v) is 11.2. The summed E-state index contributed by atoms with van der Waals surface area (Å²) in [6.07, 6.45) is 6.14. The van der Waals surface area contributed by atoms with Crippen LogP contribution in [0.5, 0.6) is 5.75 Å². The number of hydrogen-bond donors (Lipinski definition) is 1. The fraction of sp³-hybridized carbons (Fsp3) is 0.682. The van der Waals surface area contributed by atoms with Crippen LogP contribution >= 0.6 is 0 Å². The maximum absolute atomic E-state index is 5.58. The summed E-state index contributed by atoms with van der Waals surface area (Å²) >= 11 is 0. The molecule has 2 fully saturated rings. The third kappa shape index (κ3) is 4.39. The quantitative estimate of drug-likeness (QED) is 0.774. The average Bonchev–Trinajstić information content (AvgIpc) is 3.43. The van der Waals surface area contributed by atoms with Gasteiger partial charge in [0.1, 0.15) is 11.8 Å². The molecule has 1 saturated heterocycles. The summed E-state index contributed by atoms with van der Waals surface area (Å²) < 4.78 is 7.75. The Balaban J connectivity index is 1.50. The molecular formula is C22H35N6O+. The van der Waals surface area contributed by atoms with Crippen LogP contribution in [0.25, 0.3) is 0 Å². The molecule has 0 spiro atoms. The van der Waals surface area contributed by atoms with Crippen LogP contribution in [0.2, 0.25) is 0 Å². The summed E-state index contributed by atoms with van der Waals surface area (Å²) in [7, 11) is 1.75. The molecule has 1 aliphatic heterocycles. The number of aromatic nitrogens is 4. The number of benzene rings is 1. The Morgan fingerprint density at radius 3 is 2.55 bits per heavy atom. The monoisotopic (exact) mass is 399 g/mol. The van der Waals surface area contributed by atoms with E-state index in [1.807, 2.05) is 12.1 Å². The molecule has 29 heavy (non-hydrogen) atoms. The van der Waals surface area contributed by atoms with Gasteiger partial charge in [0.05, 0.1) is 45.0 Å². The first-order valence-electron chi connectivity index (χ1n) is 11.2. The van der Waals surface area contributed by atoms with E-state index < -0.39 is 0 Å². The van der Waals surface area contributed by atoms with Crippen LogP contribution in [0.4, 0.5) is 5.69 Å². The third-order valence-corrected chi connectivity index (χ3v) is 6.53. The van der Waals surface area contributed by atoms with Crippen molar-refractivity contribution in [3.63, 3.8) is 0 Å². The van der Waals surface area contributed by atoms with Gasteiger partial charge in [-0.3, -0.25) is 0 Å². The van der Waals surface area contributed by atoms with Crippen molar-refractivity contribution in [2.45, 2.75) is 58.0 Å². The third-order valence-electron chi connectivity index (χ3n) is 6.53. The van der Waals surface area contributed by atoms with Crippen LogP contribution in [-0.4, -0.2) is 53.5 Å². The largest absolute Gasteiger partial charge is 0.495 e. The number of piperazine rings is 1. The van der Waals surface area contributed by atoms with Crippen LogP contribution in [0.15, 0.2) is 24.3 Å². The number of ether oxygens (including phenoxy) is 1. The lowest BCUT2D eigenvalue weighted by atomic mass is 10.0. The van der Waals surface area contributed by atoms with Crippen molar-refractivity contribution in [3.05, 3.63) is 30.1 Å². The second kappa shape index (κ2) is 9.11. The number of anilines is 1. The van der Waals surface area contributed by atoms with Crippen molar-refractivity contribution >= 4 is 5.69 Å². The van der Waals surface area contributed by atoms with Gasteiger partial charge in [-0.1, -0.05) is 38.8 Å². The second-order valence-corrected chi connectivity index (χ2v) is 8.92. The molecule has 7 nitrogen and oxygen atoms in total. The topological polar surface area (TPSA) is 60.5 Å². The van der Waals surface area contributed by atoms with Gasteiger partial charge in [0.15, 0.2) is 0 Å². The molecule has 1 atom stereocenters. The average molecular weight is 400 g/mol. The van der Waals surface area contributed by atoms with Gasteiger partial charge in [-0.15, -0.1) is 5.10 Å². The zero-order valence-corrected chi connectivity index (χ0v) is 18.0. The van der Waals surface area contributed by atoms with Gasteiger partial charge in [-0.2, -0.15) is 0 Å². The van der Waals surface area contributed by atoms with Gasteiger partial charge in [0.2, 0.25) is 5.82 Å². The lowest BCUT2D eigenvalue weighted by Crippen LogP contribution is -3.15. The fourth-order valence-corrected chi connectivity index (χ4v) is 5.04. The van der Waals surface area contributed by atoms with Gasteiger partial charge < -0.3 is 14.5 Å². The van der Waals surface area contributed by atoms with Crippen molar-refractivity contribution in [1.29, 1.82) is 0 Å².